The van der Waals surface area contributed by atoms with Crippen LogP contribution in [0.25, 0.3) is 16.9 Å². The average Bonchev–Trinajstić information content (AvgIpc) is 3.26. The summed E-state index contributed by atoms with van der Waals surface area (Å²) in [6.45, 7) is 3.86. The first-order valence-electron chi connectivity index (χ1n) is 10.9. The molecule has 0 spiro atoms. The van der Waals surface area contributed by atoms with Gasteiger partial charge in [0, 0.05) is 17.2 Å². The van der Waals surface area contributed by atoms with Crippen LogP contribution in [0.4, 0.5) is 5.82 Å². The third-order valence-electron chi connectivity index (χ3n) is 5.39. The Morgan fingerprint density at radius 3 is 2.35 bits per heavy atom. The number of methoxy groups -OCH3 is 1. The minimum Gasteiger partial charge on any atom is -0.497 e. The van der Waals surface area contributed by atoms with E-state index >= 15 is 0 Å². The summed E-state index contributed by atoms with van der Waals surface area (Å²) < 4.78 is 6.83. The van der Waals surface area contributed by atoms with Gasteiger partial charge >= 0.3 is 0 Å². The maximum atomic E-state index is 12.7. The number of nitrogens with zero attached hydrogens (tertiary/aromatic N) is 2. The van der Waals surface area contributed by atoms with Crippen LogP contribution in [0.1, 0.15) is 21.5 Å². The summed E-state index contributed by atoms with van der Waals surface area (Å²) in [5, 5.41) is 10.3. The first kappa shape index (κ1) is 22.8. The van der Waals surface area contributed by atoms with Gasteiger partial charge in [0.15, 0.2) is 0 Å². The summed E-state index contributed by atoms with van der Waals surface area (Å²) in [5.41, 5.74) is 5.16. The highest BCUT2D eigenvalue weighted by atomic mass is 16.5. The maximum absolute atomic E-state index is 12.7. The van der Waals surface area contributed by atoms with Crippen molar-refractivity contribution in [2.24, 2.45) is 0 Å². The molecule has 0 unspecified atom stereocenters. The fourth-order valence-electron chi connectivity index (χ4n) is 3.64. The van der Waals surface area contributed by atoms with Crippen molar-refractivity contribution in [1.82, 2.24) is 15.1 Å². The van der Waals surface area contributed by atoms with E-state index in [1.54, 1.807) is 36.1 Å². The molecule has 7 heteroatoms. The molecule has 0 aliphatic carbocycles. The summed E-state index contributed by atoms with van der Waals surface area (Å²) >= 11 is 0. The van der Waals surface area contributed by atoms with Crippen LogP contribution < -0.4 is 15.4 Å². The highest BCUT2D eigenvalue weighted by molar-refractivity contribution is 5.99. The third-order valence-corrected chi connectivity index (χ3v) is 5.39. The fourth-order valence-corrected chi connectivity index (χ4v) is 3.64. The Kier molecular flexibility index (Phi) is 6.73. The molecule has 2 amide bonds. The predicted octanol–water partition coefficient (Wildman–Crippen LogP) is 4.53. The molecule has 0 saturated carbocycles. The highest BCUT2D eigenvalue weighted by Crippen LogP contribution is 2.26. The first-order valence-corrected chi connectivity index (χ1v) is 10.9. The Bertz CT molecular complexity index is 1310. The molecule has 1 heterocycles. The summed E-state index contributed by atoms with van der Waals surface area (Å²) in [6.07, 6.45) is 0. The summed E-state index contributed by atoms with van der Waals surface area (Å²) in [5.74, 6) is 0.482. The van der Waals surface area contributed by atoms with Crippen molar-refractivity contribution in [3.63, 3.8) is 0 Å². The molecule has 0 aliphatic heterocycles. The molecule has 0 radical (unpaired) electrons. The van der Waals surface area contributed by atoms with Gasteiger partial charge in [0.25, 0.3) is 5.91 Å². The van der Waals surface area contributed by atoms with Crippen LogP contribution in [0.15, 0.2) is 78.9 Å². The van der Waals surface area contributed by atoms with Crippen LogP contribution in [-0.2, 0) is 4.79 Å². The second kappa shape index (κ2) is 10.0. The van der Waals surface area contributed by atoms with Crippen molar-refractivity contribution >= 4 is 17.6 Å². The minimum atomic E-state index is -0.354. The number of hydrogen-bond acceptors (Lipinski definition) is 4. The van der Waals surface area contributed by atoms with Crippen LogP contribution in [0, 0.1) is 13.8 Å². The number of amides is 2. The lowest BCUT2D eigenvalue weighted by Gasteiger charge is -2.12. The lowest BCUT2D eigenvalue weighted by atomic mass is 10.1. The van der Waals surface area contributed by atoms with Crippen LogP contribution >= 0.6 is 0 Å². The van der Waals surface area contributed by atoms with Crippen LogP contribution in [-0.4, -0.2) is 35.2 Å². The van der Waals surface area contributed by atoms with Gasteiger partial charge in [-0.15, -0.1) is 0 Å². The summed E-state index contributed by atoms with van der Waals surface area (Å²) in [4.78, 5) is 25.1. The molecule has 172 valence electrons. The van der Waals surface area contributed by atoms with Gasteiger partial charge in [-0.2, -0.15) is 5.10 Å². The molecule has 0 fully saturated rings. The normalized spacial score (nSPS) is 10.6. The zero-order valence-electron chi connectivity index (χ0n) is 19.3. The van der Waals surface area contributed by atoms with Crippen molar-refractivity contribution < 1.29 is 14.3 Å². The van der Waals surface area contributed by atoms with E-state index < -0.39 is 0 Å². The van der Waals surface area contributed by atoms with Crippen molar-refractivity contribution in [2.75, 3.05) is 19.0 Å². The van der Waals surface area contributed by atoms with Crippen LogP contribution in [0.3, 0.4) is 0 Å². The number of ether oxygens (including phenoxy) is 1. The molecule has 34 heavy (non-hydrogen) atoms. The number of rotatable bonds is 7. The molecule has 4 rings (SSSR count). The smallest absolute Gasteiger partial charge is 0.251 e. The van der Waals surface area contributed by atoms with Gasteiger partial charge in [-0.05, 0) is 49.7 Å². The monoisotopic (exact) mass is 454 g/mol. The number of carbonyl (C=O) groups excluding carboxylic acids is 2. The van der Waals surface area contributed by atoms with E-state index in [0.29, 0.717) is 17.1 Å². The van der Waals surface area contributed by atoms with Gasteiger partial charge < -0.3 is 15.4 Å². The van der Waals surface area contributed by atoms with E-state index in [-0.39, 0.29) is 18.4 Å². The molecule has 1 aromatic heterocycles. The van der Waals surface area contributed by atoms with E-state index in [0.717, 1.165) is 28.1 Å². The molecule has 0 bridgehead atoms. The largest absolute Gasteiger partial charge is 0.497 e. The molecule has 3 aromatic carbocycles. The summed E-state index contributed by atoms with van der Waals surface area (Å²) in [6, 6.07) is 24.3. The molecule has 2 N–H and O–H groups in total. The van der Waals surface area contributed by atoms with E-state index in [1.807, 2.05) is 62.4 Å². The first-order chi connectivity index (χ1) is 16.4. The van der Waals surface area contributed by atoms with Crippen LogP contribution in [0.2, 0.25) is 0 Å². The number of nitrogens with one attached hydrogen (secondary N) is 2. The quantitative estimate of drug-likeness (QED) is 0.430. The van der Waals surface area contributed by atoms with Crippen molar-refractivity contribution in [3.05, 3.63) is 95.6 Å². The number of aromatic nitrogens is 2. The van der Waals surface area contributed by atoms with Crippen molar-refractivity contribution in [1.29, 1.82) is 0 Å². The topological polar surface area (TPSA) is 85.2 Å². The zero-order chi connectivity index (χ0) is 24.1. The number of aryl methyl sites for hydroxylation is 2. The lowest BCUT2D eigenvalue weighted by Crippen LogP contribution is -2.33. The average molecular weight is 455 g/mol. The van der Waals surface area contributed by atoms with Crippen molar-refractivity contribution in [2.45, 2.75) is 13.8 Å². The maximum Gasteiger partial charge on any atom is 0.251 e. The SMILES string of the molecule is COc1ccc(C(=O)NCC(=O)Nc2cc(-c3ccccc3)nn2-c2ccc(C)cc2C)cc1. The summed E-state index contributed by atoms with van der Waals surface area (Å²) in [7, 11) is 1.56. The molecule has 7 nitrogen and oxygen atoms in total. The second-order valence-corrected chi connectivity index (χ2v) is 7.94. The molecule has 0 saturated heterocycles. The number of benzene rings is 3. The Morgan fingerprint density at radius 2 is 1.68 bits per heavy atom. The minimum absolute atomic E-state index is 0.177. The molecule has 0 atom stereocenters. The molecule has 0 aliphatic rings. The Labute approximate surface area is 198 Å². The third kappa shape index (κ3) is 5.15. The van der Waals surface area contributed by atoms with Gasteiger partial charge in [-0.3, -0.25) is 9.59 Å². The molecular weight excluding hydrogens is 428 g/mol. The fraction of sp³-hybridized carbons (Fsp3) is 0.148. The Balaban J connectivity index is 1.54. The van der Waals surface area contributed by atoms with Gasteiger partial charge in [0.1, 0.15) is 11.6 Å². The van der Waals surface area contributed by atoms with E-state index in [4.69, 9.17) is 9.84 Å². The lowest BCUT2D eigenvalue weighted by molar-refractivity contribution is -0.115. The standard InChI is InChI=1S/C27H26N4O3/c1-18-9-14-24(19(2)15-18)31-25(16-23(30-31)20-7-5-4-6-8-20)29-26(32)17-28-27(33)21-10-12-22(34-3)13-11-21/h4-16H,17H2,1-3H3,(H,28,33)(H,29,32). The van der Waals surface area contributed by atoms with E-state index in [2.05, 4.69) is 16.7 Å². The Morgan fingerprint density at radius 1 is 0.941 bits per heavy atom. The highest BCUT2D eigenvalue weighted by Gasteiger charge is 2.16. The van der Waals surface area contributed by atoms with Gasteiger partial charge in [0.05, 0.1) is 25.0 Å². The number of anilines is 1. The van der Waals surface area contributed by atoms with Gasteiger partial charge in [0.2, 0.25) is 5.91 Å². The van der Waals surface area contributed by atoms with E-state index in [1.165, 1.54) is 0 Å². The second-order valence-electron chi connectivity index (χ2n) is 7.94. The van der Waals surface area contributed by atoms with Gasteiger partial charge in [-0.25, -0.2) is 4.68 Å². The number of carbonyl (C=O) groups is 2. The number of hydrogen-bond donors (Lipinski definition) is 2. The van der Waals surface area contributed by atoms with E-state index in [9.17, 15) is 9.59 Å². The van der Waals surface area contributed by atoms with Crippen LogP contribution in [0.5, 0.6) is 5.75 Å². The Hall–Kier alpha value is -4.39. The molecular formula is C27H26N4O3. The predicted molar refractivity (Wildman–Crippen MR) is 132 cm³/mol. The molecule has 4 aromatic rings. The van der Waals surface area contributed by atoms with Gasteiger partial charge in [-0.1, -0.05) is 48.0 Å². The zero-order valence-corrected chi connectivity index (χ0v) is 19.3. The van der Waals surface area contributed by atoms with Crippen molar-refractivity contribution in [3.8, 4) is 22.7 Å².